The summed E-state index contributed by atoms with van der Waals surface area (Å²) in [6.45, 7) is 4.97. The van der Waals surface area contributed by atoms with Gasteiger partial charge in [-0.3, -0.25) is 4.72 Å². The number of aromatic nitrogens is 1. The van der Waals surface area contributed by atoms with E-state index in [1.807, 2.05) is 13.8 Å². The average Bonchev–Trinajstić information content (AvgIpc) is 3.10. The van der Waals surface area contributed by atoms with E-state index >= 15 is 0 Å². The first kappa shape index (κ1) is 26.6. The molecule has 15 heteroatoms. The summed E-state index contributed by atoms with van der Waals surface area (Å²) in [5, 5.41) is 16.5. The Morgan fingerprint density at radius 2 is 1.77 bits per heavy atom. The van der Waals surface area contributed by atoms with Gasteiger partial charge >= 0.3 is 18.1 Å². The van der Waals surface area contributed by atoms with Gasteiger partial charge in [0.2, 0.25) is 0 Å². The molecule has 0 aliphatic rings. The molecule has 0 spiro atoms. The molecule has 0 saturated heterocycles. The lowest BCUT2D eigenvalue weighted by atomic mass is 10.2. The topological polar surface area (TPSA) is 137 Å². The third kappa shape index (κ3) is 7.66. The van der Waals surface area contributed by atoms with Gasteiger partial charge in [-0.2, -0.15) is 13.2 Å². The molecule has 0 amide bonds. The van der Waals surface area contributed by atoms with E-state index in [0.717, 1.165) is 11.3 Å². The summed E-state index contributed by atoms with van der Waals surface area (Å²) in [6.07, 6.45) is -3.76. The van der Waals surface area contributed by atoms with Gasteiger partial charge in [0.1, 0.15) is 15.6 Å². The second-order valence-electron chi connectivity index (χ2n) is 5.54. The molecule has 3 N–H and O–H groups in total. The van der Waals surface area contributed by atoms with E-state index in [-0.39, 0.29) is 15.5 Å². The van der Waals surface area contributed by atoms with Crippen LogP contribution in [0.1, 0.15) is 24.2 Å². The maximum absolute atomic E-state index is 12.3. The summed E-state index contributed by atoms with van der Waals surface area (Å²) in [4.78, 5) is 26.3. The first-order chi connectivity index (χ1) is 14.2. The van der Waals surface area contributed by atoms with Crippen LogP contribution in [-0.4, -0.2) is 54.8 Å². The molecule has 31 heavy (non-hydrogen) atoms. The van der Waals surface area contributed by atoms with Crippen LogP contribution >= 0.6 is 27.3 Å². The number of nitrogens with one attached hydrogen (secondary N) is 1. The lowest BCUT2D eigenvalue weighted by Gasteiger charge is -2.21. The molecule has 0 saturated carbocycles. The fourth-order valence-electron chi connectivity index (χ4n) is 2.09. The Hall–Kier alpha value is -2.39. The van der Waals surface area contributed by atoms with Gasteiger partial charge in [-0.25, -0.2) is 23.0 Å². The number of aliphatic carboxylic acids is 1. The highest BCUT2D eigenvalue weighted by Crippen LogP contribution is 2.28. The van der Waals surface area contributed by atoms with Crippen molar-refractivity contribution in [3.8, 4) is 0 Å². The fourth-order valence-corrected chi connectivity index (χ4v) is 5.14. The molecule has 2 aromatic rings. The van der Waals surface area contributed by atoms with Crippen molar-refractivity contribution in [2.24, 2.45) is 0 Å². The quantitative estimate of drug-likeness (QED) is 0.474. The lowest BCUT2D eigenvalue weighted by Crippen LogP contribution is -2.25. The number of pyridine rings is 1. The molecule has 0 atom stereocenters. The first-order valence-electron chi connectivity index (χ1n) is 8.29. The summed E-state index contributed by atoms with van der Waals surface area (Å²) >= 11 is 4.27. The molecule has 2 rings (SSSR count). The van der Waals surface area contributed by atoms with E-state index in [1.54, 1.807) is 11.0 Å². The largest absolute Gasteiger partial charge is 0.490 e. The standard InChI is InChI=1S/C14H16BrN3O4S2.C2HF3O2/c1-3-18(4-2)13-10(14(19)20)7-9(8-16-13)17-24(21,22)12-6-5-11(15)23-12;3-2(4,5)1(6)7/h5-8,17H,3-4H2,1-2H3,(H,19,20);(H,6,7). The maximum atomic E-state index is 12.3. The minimum Gasteiger partial charge on any atom is -0.478 e. The van der Waals surface area contributed by atoms with Crippen LogP contribution in [-0.2, 0) is 14.8 Å². The molecule has 0 unspecified atom stereocenters. The van der Waals surface area contributed by atoms with Gasteiger partial charge in [-0.15, -0.1) is 11.3 Å². The summed E-state index contributed by atoms with van der Waals surface area (Å²) in [7, 11) is -3.79. The van der Waals surface area contributed by atoms with Crippen LogP contribution in [0.15, 0.2) is 32.4 Å². The number of carbonyl (C=O) groups is 2. The van der Waals surface area contributed by atoms with Crippen molar-refractivity contribution in [3.05, 3.63) is 33.7 Å². The normalized spacial score (nSPS) is 11.3. The van der Waals surface area contributed by atoms with Crippen molar-refractivity contribution in [1.82, 2.24) is 4.98 Å². The zero-order valence-electron chi connectivity index (χ0n) is 16.0. The van der Waals surface area contributed by atoms with Crippen molar-refractivity contribution in [2.45, 2.75) is 24.2 Å². The van der Waals surface area contributed by atoms with Crippen molar-refractivity contribution < 1.29 is 41.4 Å². The molecular formula is C16H17BrF3N3O6S2. The van der Waals surface area contributed by atoms with Gasteiger partial charge in [0, 0.05) is 13.1 Å². The molecule has 172 valence electrons. The number of nitrogens with zero attached hydrogens (tertiary/aromatic N) is 2. The van der Waals surface area contributed by atoms with Crippen LogP contribution in [0, 0.1) is 0 Å². The van der Waals surface area contributed by atoms with Gasteiger partial charge in [-0.05, 0) is 48.0 Å². The van der Waals surface area contributed by atoms with Crippen molar-refractivity contribution in [3.63, 3.8) is 0 Å². The zero-order chi connectivity index (χ0) is 24.0. The minimum absolute atomic E-state index is 0.0498. The summed E-state index contributed by atoms with van der Waals surface area (Å²) in [6, 6.07) is 4.37. The molecule has 0 bridgehead atoms. The number of sulfonamides is 1. The number of carboxylic acid groups (broad SMARTS) is 2. The fraction of sp³-hybridized carbons (Fsp3) is 0.312. The summed E-state index contributed by atoms with van der Waals surface area (Å²) < 4.78 is 59.5. The summed E-state index contributed by atoms with van der Waals surface area (Å²) in [5.41, 5.74) is 0.0547. The molecule has 9 nitrogen and oxygen atoms in total. The Morgan fingerprint density at radius 1 is 1.23 bits per heavy atom. The number of rotatable bonds is 7. The number of aromatic carboxylic acids is 1. The monoisotopic (exact) mass is 547 g/mol. The predicted molar refractivity (Wildman–Crippen MR) is 111 cm³/mol. The molecule has 2 aromatic heterocycles. The van der Waals surface area contributed by atoms with E-state index in [0.29, 0.717) is 22.7 Å². The third-order valence-corrected chi connectivity index (χ3v) is 6.96. The third-order valence-electron chi connectivity index (χ3n) is 3.47. The Balaban J connectivity index is 0.000000592. The number of anilines is 2. The smallest absolute Gasteiger partial charge is 0.478 e. The molecular weight excluding hydrogens is 531 g/mol. The van der Waals surface area contributed by atoms with Crippen molar-refractivity contribution in [1.29, 1.82) is 0 Å². The number of alkyl halides is 3. The average molecular weight is 548 g/mol. The predicted octanol–water partition coefficient (Wildman–Crippen LogP) is 3.88. The van der Waals surface area contributed by atoms with Gasteiger partial charge in [-0.1, -0.05) is 0 Å². The number of carboxylic acids is 2. The van der Waals surface area contributed by atoms with Gasteiger partial charge < -0.3 is 15.1 Å². The molecule has 0 aliphatic heterocycles. The Bertz CT molecular complexity index is 1040. The van der Waals surface area contributed by atoms with Crippen LogP contribution in [0.4, 0.5) is 24.7 Å². The molecule has 0 radical (unpaired) electrons. The second kappa shape index (κ2) is 10.8. The molecule has 0 aliphatic carbocycles. The van der Waals surface area contributed by atoms with Crippen LogP contribution in [0.25, 0.3) is 0 Å². The highest BCUT2D eigenvalue weighted by molar-refractivity contribution is 9.11. The van der Waals surface area contributed by atoms with E-state index in [9.17, 15) is 31.5 Å². The Labute approximate surface area is 187 Å². The van der Waals surface area contributed by atoms with Gasteiger partial charge in [0.05, 0.1) is 15.7 Å². The number of thiophene rings is 1. The lowest BCUT2D eigenvalue weighted by molar-refractivity contribution is -0.192. The van der Waals surface area contributed by atoms with E-state index < -0.39 is 28.1 Å². The molecule has 0 aromatic carbocycles. The van der Waals surface area contributed by atoms with E-state index in [2.05, 4.69) is 25.6 Å². The van der Waals surface area contributed by atoms with Crippen LogP contribution in [0.5, 0.6) is 0 Å². The SMILES string of the molecule is CCN(CC)c1ncc(NS(=O)(=O)c2ccc(Br)s2)cc1C(=O)O.O=C(O)C(F)(F)F. The van der Waals surface area contributed by atoms with Crippen molar-refractivity contribution in [2.75, 3.05) is 22.7 Å². The first-order valence-corrected chi connectivity index (χ1v) is 11.4. The molecule has 0 fully saturated rings. The minimum atomic E-state index is -5.08. The number of hydrogen-bond donors (Lipinski definition) is 3. The molecule has 2 heterocycles. The van der Waals surface area contributed by atoms with E-state index in [4.69, 9.17) is 9.90 Å². The number of hydrogen-bond acceptors (Lipinski definition) is 7. The Morgan fingerprint density at radius 3 is 2.16 bits per heavy atom. The highest BCUT2D eigenvalue weighted by atomic mass is 79.9. The highest BCUT2D eigenvalue weighted by Gasteiger charge is 2.38. The summed E-state index contributed by atoms with van der Waals surface area (Å²) in [5.74, 6) is -3.61. The zero-order valence-corrected chi connectivity index (χ0v) is 19.2. The Kier molecular flexibility index (Phi) is 9.26. The van der Waals surface area contributed by atoms with E-state index in [1.165, 1.54) is 18.3 Å². The van der Waals surface area contributed by atoms with Crippen LogP contribution in [0.3, 0.4) is 0 Å². The van der Waals surface area contributed by atoms with Crippen LogP contribution in [0.2, 0.25) is 0 Å². The van der Waals surface area contributed by atoms with Crippen LogP contribution < -0.4 is 9.62 Å². The maximum Gasteiger partial charge on any atom is 0.490 e. The van der Waals surface area contributed by atoms with Gasteiger partial charge in [0.25, 0.3) is 10.0 Å². The second-order valence-corrected chi connectivity index (χ2v) is 9.91. The van der Waals surface area contributed by atoms with Crippen molar-refractivity contribution >= 4 is 60.7 Å². The number of halogens is 4. The van der Waals surface area contributed by atoms with Gasteiger partial charge in [0.15, 0.2) is 0 Å².